The van der Waals surface area contributed by atoms with Crippen LogP contribution in [-0.4, -0.2) is 70.3 Å². The molecule has 9 heteroatoms. The van der Waals surface area contributed by atoms with Crippen molar-refractivity contribution in [1.29, 1.82) is 0 Å². The monoisotopic (exact) mass is 482 g/mol. The number of ether oxygens (including phenoxy) is 2. The number of ketones is 1. The molecule has 29 heavy (non-hydrogen) atoms. The molecule has 1 fully saturated rings. The fourth-order valence-corrected chi connectivity index (χ4v) is 4.87. The van der Waals surface area contributed by atoms with Crippen LogP contribution in [0.2, 0.25) is 0 Å². The summed E-state index contributed by atoms with van der Waals surface area (Å²) in [6, 6.07) is 11.7. The largest absolute Gasteiger partial charge is 0.493 e. The predicted octanol–water partition coefficient (Wildman–Crippen LogP) is 2.66. The van der Waals surface area contributed by atoms with Crippen LogP contribution in [0.5, 0.6) is 11.5 Å². The lowest BCUT2D eigenvalue weighted by molar-refractivity contribution is 0.0901. The summed E-state index contributed by atoms with van der Waals surface area (Å²) in [5, 5.41) is 0. The number of benzene rings is 2. The molecule has 0 radical (unpaired) electrons. The van der Waals surface area contributed by atoms with Gasteiger partial charge < -0.3 is 9.47 Å². The number of nitrogens with zero attached hydrogens (tertiary/aromatic N) is 2. The molecule has 1 heterocycles. The molecular formula is C20H23BrN2O5S. The van der Waals surface area contributed by atoms with E-state index in [-0.39, 0.29) is 17.2 Å². The van der Waals surface area contributed by atoms with Gasteiger partial charge in [-0.3, -0.25) is 9.69 Å². The molecule has 3 rings (SSSR count). The highest BCUT2D eigenvalue weighted by Gasteiger charge is 2.29. The second-order valence-electron chi connectivity index (χ2n) is 6.63. The molecule has 0 unspecified atom stereocenters. The van der Waals surface area contributed by atoms with Crippen LogP contribution in [-0.2, 0) is 10.0 Å². The smallest absolute Gasteiger partial charge is 0.243 e. The van der Waals surface area contributed by atoms with E-state index in [1.54, 1.807) is 49.6 Å². The average Bonchev–Trinajstić information content (AvgIpc) is 2.73. The lowest BCUT2D eigenvalue weighted by Crippen LogP contribution is -2.49. The Hall–Kier alpha value is -1.94. The molecule has 0 spiro atoms. The molecule has 1 aliphatic heterocycles. The van der Waals surface area contributed by atoms with E-state index in [0.717, 1.165) is 4.47 Å². The molecule has 7 nitrogen and oxygen atoms in total. The summed E-state index contributed by atoms with van der Waals surface area (Å²) in [4.78, 5) is 14.9. The van der Waals surface area contributed by atoms with Gasteiger partial charge in [-0.05, 0) is 42.5 Å². The predicted molar refractivity (Wildman–Crippen MR) is 113 cm³/mol. The number of Topliss-reactive ketones (excluding diaryl/α,β-unsaturated/α-hetero) is 1. The maximum Gasteiger partial charge on any atom is 0.243 e. The molecule has 0 amide bonds. The van der Waals surface area contributed by atoms with Crippen LogP contribution >= 0.6 is 15.9 Å². The Bertz CT molecular complexity index is 971. The molecule has 1 saturated heterocycles. The number of halogens is 1. The number of hydrogen-bond donors (Lipinski definition) is 0. The van der Waals surface area contributed by atoms with Gasteiger partial charge in [0.25, 0.3) is 0 Å². The number of piperazine rings is 1. The van der Waals surface area contributed by atoms with Gasteiger partial charge in [0.1, 0.15) is 0 Å². The van der Waals surface area contributed by atoms with E-state index in [0.29, 0.717) is 43.2 Å². The van der Waals surface area contributed by atoms with Crippen LogP contribution in [0.25, 0.3) is 0 Å². The molecule has 0 aromatic heterocycles. The molecule has 0 N–H and O–H groups in total. The van der Waals surface area contributed by atoms with Crippen molar-refractivity contribution in [3.05, 3.63) is 52.5 Å². The third-order valence-corrected chi connectivity index (χ3v) is 7.30. The van der Waals surface area contributed by atoms with Crippen LogP contribution in [0.4, 0.5) is 0 Å². The summed E-state index contributed by atoms with van der Waals surface area (Å²) < 4.78 is 38.3. The van der Waals surface area contributed by atoms with Gasteiger partial charge in [-0.15, -0.1) is 0 Å². The summed E-state index contributed by atoms with van der Waals surface area (Å²) >= 11 is 3.31. The van der Waals surface area contributed by atoms with Crippen LogP contribution in [0, 0.1) is 0 Å². The Morgan fingerprint density at radius 3 is 2.17 bits per heavy atom. The van der Waals surface area contributed by atoms with E-state index in [1.165, 1.54) is 11.4 Å². The van der Waals surface area contributed by atoms with Gasteiger partial charge in [0, 0.05) is 36.2 Å². The number of rotatable bonds is 7. The van der Waals surface area contributed by atoms with Crippen molar-refractivity contribution in [2.45, 2.75) is 4.90 Å². The highest BCUT2D eigenvalue weighted by atomic mass is 79.9. The lowest BCUT2D eigenvalue weighted by Gasteiger charge is -2.33. The van der Waals surface area contributed by atoms with Gasteiger partial charge in [-0.2, -0.15) is 4.31 Å². The summed E-state index contributed by atoms with van der Waals surface area (Å²) in [7, 11) is -0.461. The van der Waals surface area contributed by atoms with Gasteiger partial charge >= 0.3 is 0 Å². The van der Waals surface area contributed by atoms with E-state index in [1.807, 2.05) is 4.90 Å². The van der Waals surface area contributed by atoms with Gasteiger partial charge in [-0.25, -0.2) is 8.42 Å². The minimum atomic E-state index is -3.53. The molecular weight excluding hydrogens is 460 g/mol. The first kappa shape index (κ1) is 21.8. The molecule has 0 atom stereocenters. The van der Waals surface area contributed by atoms with Crippen LogP contribution in [0.3, 0.4) is 0 Å². The average molecular weight is 483 g/mol. The first-order valence-corrected chi connectivity index (χ1v) is 11.3. The summed E-state index contributed by atoms with van der Waals surface area (Å²) in [6.07, 6.45) is 0. The van der Waals surface area contributed by atoms with E-state index in [4.69, 9.17) is 9.47 Å². The SMILES string of the molecule is COc1ccc(C(=O)CN2CCN(S(=O)(=O)c3ccc(Br)cc3)CC2)cc1OC. The van der Waals surface area contributed by atoms with Gasteiger partial charge in [0.05, 0.1) is 25.7 Å². The maximum atomic E-state index is 12.8. The summed E-state index contributed by atoms with van der Waals surface area (Å²) in [5.74, 6) is 1.02. The molecule has 1 aliphatic rings. The number of carbonyl (C=O) groups is 1. The van der Waals surface area contributed by atoms with Crippen molar-refractivity contribution in [3.8, 4) is 11.5 Å². The Morgan fingerprint density at radius 1 is 0.966 bits per heavy atom. The van der Waals surface area contributed by atoms with Crippen molar-refractivity contribution in [1.82, 2.24) is 9.21 Å². The zero-order valence-electron chi connectivity index (χ0n) is 16.3. The molecule has 0 aliphatic carbocycles. The maximum absolute atomic E-state index is 12.8. The minimum absolute atomic E-state index is 0.0461. The van der Waals surface area contributed by atoms with Crippen molar-refractivity contribution in [2.24, 2.45) is 0 Å². The summed E-state index contributed by atoms with van der Waals surface area (Å²) in [5.41, 5.74) is 0.535. The molecule has 2 aromatic rings. The standard InChI is InChI=1S/C20H23BrN2O5S/c1-27-19-8-3-15(13-20(19)28-2)18(24)14-22-9-11-23(12-10-22)29(25,26)17-6-4-16(21)5-7-17/h3-8,13H,9-12,14H2,1-2H3. The van der Waals surface area contributed by atoms with Crippen LogP contribution in [0.15, 0.2) is 51.8 Å². The third-order valence-electron chi connectivity index (χ3n) is 4.86. The molecule has 0 saturated carbocycles. The number of carbonyl (C=O) groups excluding carboxylic acids is 1. The Balaban J connectivity index is 1.61. The molecule has 2 aromatic carbocycles. The normalized spacial score (nSPS) is 15.8. The number of hydrogen-bond acceptors (Lipinski definition) is 6. The number of sulfonamides is 1. The van der Waals surface area contributed by atoms with Crippen molar-refractivity contribution < 1.29 is 22.7 Å². The topological polar surface area (TPSA) is 76.2 Å². The lowest BCUT2D eigenvalue weighted by atomic mass is 10.1. The number of methoxy groups -OCH3 is 2. The highest BCUT2D eigenvalue weighted by Crippen LogP contribution is 2.28. The van der Waals surface area contributed by atoms with Gasteiger partial charge in [-0.1, -0.05) is 15.9 Å². The fourth-order valence-electron chi connectivity index (χ4n) is 3.19. The van der Waals surface area contributed by atoms with Gasteiger partial charge in [0.2, 0.25) is 10.0 Å². The van der Waals surface area contributed by atoms with Crippen molar-refractivity contribution >= 4 is 31.7 Å². The van der Waals surface area contributed by atoms with E-state index in [2.05, 4.69) is 15.9 Å². The summed E-state index contributed by atoms with van der Waals surface area (Å²) in [6.45, 7) is 1.90. The van der Waals surface area contributed by atoms with Crippen LogP contribution < -0.4 is 9.47 Å². The quantitative estimate of drug-likeness (QED) is 0.564. The second kappa shape index (κ2) is 9.25. The second-order valence-corrected chi connectivity index (χ2v) is 9.48. The van der Waals surface area contributed by atoms with Crippen molar-refractivity contribution in [2.75, 3.05) is 46.9 Å². The van der Waals surface area contributed by atoms with E-state index >= 15 is 0 Å². The van der Waals surface area contributed by atoms with E-state index < -0.39 is 10.0 Å². The highest BCUT2D eigenvalue weighted by molar-refractivity contribution is 9.10. The zero-order chi connectivity index (χ0) is 21.0. The first-order valence-electron chi connectivity index (χ1n) is 9.08. The van der Waals surface area contributed by atoms with Gasteiger partial charge in [0.15, 0.2) is 17.3 Å². The molecule has 0 bridgehead atoms. The Labute approximate surface area is 179 Å². The van der Waals surface area contributed by atoms with Crippen LogP contribution in [0.1, 0.15) is 10.4 Å². The Morgan fingerprint density at radius 2 is 1.59 bits per heavy atom. The minimum Gasteiger partial charge on any atom is -0.493 e. The third kappa shape index (κ3) is 4.98. The fraction of sp³-hybridized carbons (Fsp3) is 0.350. The van der Waals surface area contributed by atoms with E-state index in [9.17, 15) is 13.2 Å². The Kier molecular flexibility index (Phi) is 6.94. The van der Waals surface area contributed by atoms with Crippen molar-refractivity contribution in [3.63, 3.8) is 0 Å². The first-order chi connectivity index (χ1) is 13.8. The molecule has 156 valence electrons. The zero-order valence-corrected chi connectivity index (χ0v) is 18.7.